The van der Waals surface area contributed by atoms with Crippen LogP contribution in [0.1, 0.15) is 40.9 Å². The molecule has 2 amide bonds. The average molecular weight is 402 g/mol. The molecule has 3 aromatic carbocycles. The Hall–Kier alpha value is -3.60. The first-order valence-electron chi connectivity index (χ1n) is 10.1. The molecule has 5 nitrogen and oxygen atoms in total. The summed E-state index contributed by atoms with van der Waals surface area (Å²) in [7, 11) is 0. The van der Waals surface area contributed by atoms with Crippen molar-refractivity contribution in [3.05, 3.63) is 95.6 Å². The Balaban J connectivity index is 1.50. The van der Waals surface area contributed by atoms with Gasteiger partial charge >= 0.3 is 0 Å². The van der Waals surface area contributed by atoms with Gasteiger partial charge in [-0.3, -0.25) is 9.59 Å². The lowest BCUT2D eigenvalue weighted by Crippen LogP contribution is -2.33. The monoisotopic (exact) mass is 401 g/mol. The molecule has 0 saturated heterocycles. The molecule has 0 spiro atoms. The van der Waals surface area contributed by atoms with Gasteiger partial charge in [0, 0.05) is 16.9 Å². The Morgan fingerprint density at radius 2 is 1.57 bits per heavy atom. The fourth-order valence-corrected chi connectivity index (χ4v) is 3.20. The molecule has 0 heterocycles. The van der Waals surface area contributed by atoms with Crippen LogP contribution in [-0.2, 0) is 4.79 Å². The smallest absolute Gasteiger partial charge is 0.255 e. The minimum Gasteiger partial charge on any atom is -0.376 e. The number of aryl methyl sites for hydroxylation is 1. The first-order chi connectivity index (χ1) is 14.5. The van der Waals surface area contributed by atoms with Crippen LogP contribution in [-0.4, -0.2) is 18.4 Å². The van der Waals surface area contributed by atoms with Gasteiger partial charge in [-0.2, -0.15) is 0 Å². The summed E-state index contributed by atoms with van der Waals surface area (Å²) in [6, 6.07) is 24.7. The van der Waals surface area contributed by atoms with Gasteiger partial charge < -0.3 is 16.0 Å². The second-order valence-corrected chi connectivity index (χ2v) is 7.19. The summed E-state index contributed by atoms with van der Waals surface area (Å²) < 4.78 is 0. The number of rotatable bonds is 8. The van der Waals surface area contributed by atoms with Crippen LogP contribution in [0.25, 0.3) is 0 Å². The van der Waals surface area contributed by atoms with Gasteiger partial charge in [0.25, 0.3) is 5.91 Å². The molecule has 1 unspecified atom stereocenters. The topological polar surface area (TPSA) is 70.2 Å². The van der Waals surface area contributed by atoms with Gasteiger partial charge in [-0.15, -0.1) is 0 Å². The number of carbonyl (C=O) groups is 2. The van der Waals surface area contributed by atoms with E-state index >= 15 is 0 Å². The SMILES string of the molecule is CCC(NC(=O)CNc1ccc(NC(=O)c2cccc(C)c2)cc1)c1ccccc1. The van der Waals surface area contributed by atoms with Crippen molar-refractivity contribution in [3.8, 4) is 0 Å². The molecule has 0 bridgehead atoms. The highest BCUT2D eigenvalue weighted by Crippen LogP contribution is 2.17. The number of hydrogen-bond donors (Lipinski definition) is 3. The van der Waals surface area contributed by atoms with Gasteiger partial charge in [0.2, 0.25) is 5.91 Å². The summed E-state index contributed by atoms with van der Waals surface area (Å²) in [5.74, 6) is -0.215. The number of benzene rings is 3. The van der Waals surface area contributed by atoms with Crippen LogP contribution >= 0.6 is 0 Å². The number of nitrogens with one attached hydrogen (secondary N) is 3. The molecular formula is C25H27N3O2. The molecule has 154 valence electrons. The van der Waals surface area contributed by atoms with E-state index in [1.54, 1.807) is 6.07 Å². The second-order valence-electron chi connectivity index (χ2n) is 7.19. The third-order valence-electron chi connectivity index (χ3n) is 4.82. The zero-order valence-corrected chi connectivity index (χ0v) is 17.3. The molecule has 1 atom stereocenters. The predicted molar refractivity (Wildman–Crippen MR) is 122 cm³/mol. The highest BCUT2D eigenvalue weighted by atomic mass is 16.2. The molecule has 3 aromatic rings. The van der Waals surface area contributed by atoms with Crippen molar-refractivity contribution in [2.24, 2.45) is 0 Å². The largest absolute Gasteiger partial charge is 0.376 e. The Kier molecular flexibility index (Phi) is 7.22. The Morgan fingerprint density at radius 3 is 2.23 bits per heavy atom. The predicted octanol–water partition coefficient (Wildman–Crippen LogP) is 4.93. The molecule has 0 aromatic heterocycles. The van der Waals surface area contributed by atoms with Gasteiger partial charge in [0.15, 0.2) is 0 Å². The van der Waals surface area contributed by atoms with Crippen LogP contribution in [0.3, 0.4) is 0 Å². The number of amides is 2. The van der Waals surface area contributed by atoms with Gasteiger partial charge in [-0.1, -0.05) is 55.0 Å². The van der Waals surface area contributed by atoms with Crippen molar-refractivity contribution < 1.29 is 9.59 Å². The fourth-order valence-electron chi connectivity index (χ4n) is 3.20. The molecule has 0 saturated carbocycles. The van der Waals surface area contributed by atoms with Gasteiger partial charge in [-0.25, -0.2) is 0 Å². The summed E-state index contributed by atoms with van der Waals surface area (Å²) in [6.07, 6.45) is 0.824. The van der Waals surface area contributed by atoms with Crippen molar-refractivity contribution in [3.63, 3.8) is 0 Å². The zero-order chi connectivity index (χ0) is 21.3. The maximum absolute atomic E-state index is 12.3. The summed E-state index contributed by atoms with van der Waals surface area (Å²) in [4.78, 5) is 24.7. The van der Waals surface area contributed by atoms with E-state index in [0.717, 1.165) is 23.2 Å². The van der Waals surface area contributed by atoms with Crippen molar-refractivity contribution in [2.75, 3.05) is 17.2 Å². The van der Waals surface area contributed by atoms with Crippen LogP contribution in [0.2, 0.25) is 0 Å². The number of hydrogen-bond acceptors (Lipinski definition) is 3. The van der Waals surface area contributed by atoms with Gasteiger partial charge in [-0.05, 0) is 55.3 Å². The molecule has 3 rings (SSSR count). The first-order valence-corrected chi connectivity index (χ1v) is 10.1. The maximum Gasteiger partial charge on any atom is 0.255 e. The van der Waals surface area contributed by atoms with Crippen LogP contribution in [0.4, 0.5) is 11.4 Å². The van der Waals surface area contributed by atoms with Gasteiger partial charge in [0.05, 0.1) is 12.6 Å². The summed E-state index contributed by atoms with van der Waals surface area (Å²) in [6.45, 7) is 4.18. The average Bonchev–Trinajstić information content (AvgIpc) is 2.77. The van der Waals surface area contributed by atoms with Crippen LogP contribution in [0.15, 0.2) is 78.9 Å². The van der Waals surface area contributed by atoms with E-state index in [4.69, 9.17) is 0 Å². The zero-order valence-electron chi connectivity index (χ0n) is 17.3. The highest BCUT2D eigenvalue weighted by molar-refractivity contribution is 6.04. The molecular weight excluding hydrogens is 374 g/mol. The number of anilines is 2. The standard InChI is InChI=1S/C25H27N3O2/c1-3-23(19-9-5-4-6-10-19)28-24(29)17-26-21-12-14-22(15-13-21)27-25(30)20-11-7-8-18(2)16-20/h4-16,23,26H,3,17H2,1-2H3,(H,27,30)(H,28,29). The van der Waals surface area contributed by atoms with E-state index < -0.39 is 0 Å². The molecule has 0 aliphatic carbocycles. The van der Waals surface area contributed by atoms with Crippen LogP contribution < -0.4 is 16.0 Å². The fraction of sp³-hybridized carbons (Fsp3) is 0.200. The summed E-state index contributed by atoms with van der Waals surface area (Å²) in [5.41, 5.74) is 4.27. The van der Waals surface area contributed by atoms with E-state index in [9.17, 15) is 9.59 Å². The van der Waals surface area contributed by atoms with E-state index in [2.05, 4.69) is 22.9 Å². The minimum atomic E-state index is -0.148. The Morgan fingerprint density at radius 1 is 0.867 bits per heavy atom. The molecule has 30 heavy (non-hydrogen) atoms. The second kappa shape index (κ2) is 10.3. The van der Waals surface area contributed by atoms with Crippen molar-refractivity contribution >= 4 is 23.2 Å². The summed E-state index contributed by atoms with van der Waals surface area (Å²) in [5, 5.41) is 9.06. The normalized spacial score (nSPS) is 11.4. The lowest BCUT2D eigenvalue weighted by Gasteiger charge is -2.18. The molecule has 0 aliphatic heterocycles. The molecule has 0 radical (unpaired) electrons. The van der Waals surface area contributed by atoms with Crippen LogP contribution in [0, 0.1) is 6.92 Å². The third kappa shape index (κ3) is 5.95. The van der Waals surface area contributed by atoms with Crippen LogP contribution in [0.5, 0.6) is 0 Å². The molecule has 5 heteroatoms. The quantitative estimate of drug-likeness (QED) is 0.501. The van der Waals surface area contributed by atoms with Crippen molar-refractivity contribution in [2.45, 2.75) is 26.3 Å². The molecule has 0 fully saturated rings. The van der Waals surface area contributed by atoms with Gasteiger partial charge in [0.1, 0.15) is 0 Å². The summed E-state index contributed by atoms with van der Waals surface area (Å²) >= 11 is 0. The molecule has 3 N–H and O–H groups in total. The molecule has 0 aliphatic rings. The number of carbonyl (C=O) groups excluding carboxylic acids is 2. The van der Waals surface area contributed by atoms with E-state index in [0.29, 0.717) is 11.3 Å². The Bertz CT molecular complexity index is 985. The highest BCUT2D eigenvalue weighted by Gasteiger charge is 2.12. The van der Waals surface area contributed by atoms with E-state index in [1.807, 2.05) is 79.7 Å². The van der Waals surface area contributed by atoms with E-state index in [1.165, 1.54) is 0 Å². The lowest BCUT2D eigenvalue weighted by atomic mass is 10.0. The lowest BCUT2D eigenvalue weighted by molar-refractivity contribution is -0.120. The Labute approximate surface area is 177 Å². The first kappa shape index (κ1) is 21.1. The van der Waals surface area contributed by atoms with Crippen molar-refractivity contribution in [1.29, 1.82) is 0 Å². The third-order valence-corrected chi connectivity index (χ3v) is 4.82. The van der Waals surface area contributed by atoms with E-state index in [-0.39, 0.29) is 24.4 Å². The minimum absolute atomic E-state index is 0.000267. The maximum atomic E-state index is 12.3. The van der Waals surface area contributed by atoms with Crippen molar-refractivity contribution in [1.82, 2.24) is 5.32 Å².